The minimum Gasteiger partial charge on any atom is -0.342 e. The van der Waals surface area contributed by atoms with Gasteiger partial charge in [-0.1, -0.05) is 29.8 Å². The lowest BCUT2D eigenvalue weighted by atomic mass is 9.81. The van der Waals surface area contributed by atoms with Crippen molar-refractivity contribution in [3.05, 3.63) is 34.9 Å². The Bertz CT molecular complexity index is 517. The number of hydrogen-bond donors (Lipinski definition) is 1. The zero-order valence-electron chi connectivity index (χ0n) is 13.5. The first-order valence-electron chi connectivity index (χ1n) is 7.64. The second kappa shape index (κ2) is 7.67. The molecule has 0 spiro atoms. The van der Waals surface area contributed by atoms with E-state index in [1.165, 1.54) is 0 Å². The number of piperidine rings is 1. The zero-order chi connectivity index (χ0) is 15.6. The standard InChI is InChI=1S/C17H25ClN2O.ClH/c1-12(19)13-7-6-10-20(11-13)16(21)17(2,3)14-8-4-5-9-15(14)18;/h4-5,8-9,12-13H,6-7,10-11,19H2,1-3H3;1H. The molecule has 1 aromatic carbocycles. The Kier molecular flexibility index (Phi) is 6.72. The van der Waals surface area contributed by atoms with Crippen LogP contribution < -0.4 is 5.73 Å². The van der Waals surface area contributed by atoms with Crippen molar-refractivity contribution in [1.29, 1.82) is 0 Å². The molecule has 0 aliphatic carbocycles. The molecule has 1 aliphatic heterocycles. The first-order valence-corrected chi connectivity index (χ1v) is 8.01. The molecule has 1 aromatic rings. The molecule has 2 atom stereocenters. The van der Waals surface area contributed by atoms with Gasteiger partial charge in [0.25, 0.3) is 0 Å². The topological polar surface area (TPSA) is 46.3 Å². The number of rotatable bonds is 3. The molecular formula is C17H26Cl2N2O. The molecule has 0 bridgehead atoms. The van der Waals surface area contributed by atoms with Crippen LogP contribution in [-0.2, 0) is 10.2 Å². The van der Waals surface area contributed by atoms with Crippen molar-refractivity contribution in [2.75, 3.05) is 13.1 Å². The number of nitrogens with two attached hydrogens (primary N) is 1. The van der Waals surface area contributed by atoms with Gasteiger partial charge in [-0.05, 0) is 51.2 Å². The van der Waals surface area contributed by atoms with Crippen LogP contribution in [0.2, 0.25) is 5.02 Å². The summed E-state index contributed by atoms with van der Waals surface area (Å²) in [6, 6.07) is 7.72. The summed E-state index contributed by atoms with van der Waals surface area (Å²) in [5, 5.41) is 0.650. The van der Waals surface area contributed by atoms with Gasteiger partial charge in [-0.25, -0.2) is 0 Å². The number of amides is 1. The van der Waals surface area contributed by atoms with Gasteiger partial charge < -0.3 is 10.6 Å². The molecule has 1 saturated heterocycles. The maximum atomic E-state index is 13.0. The third-order valence-electron chi connectivity index (χ3n) is 4.57. The van der Waals surface area contributed by atoms with Crippen LogP contribution >= 0.6 is 24.0 Å². The number of benzene rings is 1. The molecule has 0 aromatic heterocycles. The number of likely N-dealkylation sites (tertiary alicyclic amines) is 1. The van der Waals surface area contributed by atoms with Crippen molar-refractivity contribution in [3.63, 3.8) is 0 Å². The molecule has 3 nitrogen and oxygen atoms in total. The minimum atomic E-state index is -0.613. The number of carbonyl (C=O) groups is 1. The number of nitrogens with zero attached hydrogens (tertiary/aromatic N) is 1. The van der Waals surface area contributed by atoms with E-state index in [2.05, 4.69) is 0 Å². The molecule has 2 N–H and O–H groups in total. The molecule has 1 aliphatic rings. The lowest BCUT2D eigenvalue weighted by Gasteiger charge is -2.39. The number of halogens is 2. The average Bonchev–Trinajstić information content (AvgIpc) is 2.46. The predicted octanol–water partition coefficient (Wildman–Crippen LogP) is 3.63. The van der Waals surface area contributed by atoms with E-state index in [9.17, 15) is 4.79 Å². The van der Waals surface area contributed by atoms with Gasteiger partial charge in [0.2, 0.25) is 5.91 Å². The van der Waals surface area contributed by atoms with Gasteiger partial charge in [0, 0.05) is 24.2 Å². The molecule has 1 fully saturated rings. The Morgan fingerprint density at radius 3 is 2.64 bits per heavy atom. The Balaban J connectivity index is 0.00000242. The monoisotopic (exact) mass is 344 g/mol. The van der Waals surface area contributed by atoms with E-state index in [-0.39, 0.29) is 24.4 Å². The molecule has 0 saturated carbocycles. The van der Waals surface area contributed by atoms with E-state index in [4.69, 9.17) is 17.3 Å². The van der Waals surface area contributed by atoms with E-state index in [1.807, 2.05) is 49.9 Å². The van der Waals surface area contributed by atoms with Crippen molar-refractivity contribution >= 4 is 29.9 Å². The van der Waals surface area contributed by atoms with Gasteiger partial charge in [0.05, 0.1) is 5.41 Å². The second-order valence-electron chi connectivity index (χ2n) is 6.62. The van der Waals surface area contributed by atoms with Gasteiger partial charge in [0.1, 0.15) is 0 Å². The summed E-state index contributed by atoms with van der Waals surface area (Å²) >= 11 is 6.28. The molecule has 0 radical (unpaired) electrons. The molecular weight excluding hydrogens is 319 g/mol. The maximum absolute atomic E-state index is 13.0. The second-order valence-corrected chi connectivity index (χ2v) is 7.02. The maximum Gasteiger partial charge on any atom is 0.232 e. The highest BCUT2D eigenvalue weighted by Gasteiger charge is 2.37. The first-order chi connectivity index (χ1) is 9.84. The Morgan fingerprint density at radius 1 is 1.41 bits per heavy atom. The minimum absolute atomic E-state index is 0. The predicted molar refractivity (Wildman–Crippen MR) is 94.7 cm³/mol. The average molecular weight is 345 g/mol. The van der Waals surface area contributed by atoms with Crippen molar-refractivity contribution in [1.82, 2.24) is 4.90 Å². The third-order valence-corrected chi connectivity index (χ3v) is 4.90. The summed E-state index contributed by atoms with van der Waals surface area (Å²) in [6.45, 7) is 7.50. The highest BCUT2D eigenvalue weighted by molar-refractivity contribution is 6.31. The van der Waals surface area contributed by atoms with Gasteiger partial charge in [-0.2, -0.15) is 0 Å². The Hall–Kier alpha value is -0.770. The van der Waals surface area contributed by atoms with E-state index in [0.29, 0.717) is 10.9 Å². The van der Waals surface area contributed by atoms with Crippen LogP contribution in [0.4, 0.5) is 0 Å². The fraction of sp³-hybridized carbons (Fsp3) is 0.588. The van der Waals surface area contributed by atoms with Crippen molar-refractivity contribution in [2.45, 2.75) is 45.1 Å². The number of carbonyl (C=O) groups excluding carboxylic acids is 1. The SMILES string of the molecule is CC(N)C1CCCN(C(=O)C(C)(C)c2ccccc2Cl)C1.Cl. The summed E-state index contributed by atoms with van der Waals surface area (Å²) in [5.41, 5.74) is 6.29. The van der Waals surface area contributed by atoms with E-state index >= 15 is 0 Å². The van der Waals surface area contributed by atoms with Gasteiger partial charge in [-0.3, -0.25) is 4.79 Å². The van der Waals surface area contributed by atoms with Crippen molar-refractivity contribution < 1.29 is 4.79 Å². The van der Waals surface area contributed by atoms with Crippen LogP contribution in [0.1, 0.15) is 39.2 Å². The van der Waals surface area contributed by atoms with Crippen LogP contribution in [0.15, 0.2) is 24.3 Å². The number of hydrogen-bond acceptors (Lipinski definition) is 2. The molecule has 2 unspecified atom stereocenters. The van der Waals surface area contributed by atoms with E-state index in [1.54, 1.807) is 0 Å². The summed E-state index contributed by atoms with van der Waals surface area (Å²) < 4.78 is 0. The summed E-state index contributed by atoms with van der Waals surface area (Å²) in [4.78, 5) is 14.9. The van der Waals surface area contributed by atoms with Crippen LogP contribution in [0.5, 0.6) is 0 Å². The van der Waals surface area contributed by atoms with Crippen LogP contribution in [-0.4, -0.2) is 29.9 Å². The van der Waals surface area contributed by atoms with Gasteiger partial charge in [-0.15, -0.1) is 12.4 Å². The normalized spacial score (nSPS) is 20.2. The van der Waals surface area contributed by atoms with Crippen molar-refractivity contribution in [3.8, 4) is 0 Å². The molecule has 1 amide bonds. The van der Waals surface area contributed by atoms with E-state index < -0.39 is 5.41 Å². The van der Waals surface area contributed by atoms with Crippen LogP contribution in [0.3, 0.4) is 0 Å². The third kappa shape index (κ3) is 3.95. The Labute approximate surface area is 144 Å². The highest BCUT2D eigenvalue weighted by Crippen LogP contribution is 2.33. The highest BCUT2D eigenvalue weighted by atomic mass is 35.5. The fourth-order valence-corrected chi connectivity index (χ4v) is 3.47. The van der Waals surface area contributed by atoms with E-state index in [0.717, 1.165) is 31.5 Å². The largest absolute Gasteiger partial charge is 0.342 e. The zero-order valence-corrected chi connectivity index (χ0v) is 15.1. The lowest BCUT2D eigenvalue weighted by Crippen LogP contribution is -2.50. The van der Waals surface area contributed by atoms with Crippen LogP contribution in [0.25, 0.3) is 0 Å². The smallest absolute Gasteiger partial charge is 0.232 e. The molecule has 1 heterocycles. The summed E-state index contributed by atoms with van der Waals surface area (Å²) in [6.07, 6.45) is 2.13. The quantitative estimate of drug-likeness (QED) is 0.909. The van der Waals surface area contributed by atoms with Gasteiger partial charge >= 0.3 is 0 Å². The molecule has 5 heteroatoms. The fourth-order valence-electron chi connectivity index (χ4n) is 3.10. The van der Waals surface area contributed by atoms with Gasteiger partial charge in [0.15, 0.2) is 0 Å². The molecule has 22 heavy (non-hydrogen) atoms. The summed E-state index contributed by atoms with van der Waals surface area (Å²) in [5.74, 6) is 0.533. The van der Waals surface area contributed by atoms with Crippen molar-refractivity contribution in [2.24, 2.45) is 11.7 Å². The summed E-state index contributed by atoms with van der Waals surface area (Å²) in [7, 11) is 0. The van der Waals surface area contributed by atoms with Crippen LogP contribution in [0, 0.1) is 5.92 Å². The molecule has 124 valence electrons. The first kappa shape index (κ1) is 19.3. The lowest BCUT2D eigenvalue weighted by molar-refractivity contribution is -0.138. The Morgan fingerprint density at radius 2 is 2.05 bits per heavy atom. The molecule has 2 rings (SSSR count).